The minimum Gasteiger partial charge on any atom is -0.380 e. The first-order valence-corrected chi connectivity index (χ1v) is 7.22. The van der Waals surface area contributed by atoms with Gasteiger partial charge in [0.05, 0.1) is 18.8 Å². The van der Waals surface area contributed by atoms with Crippen LogP contribution in [-0.4, -0.2) is 38.5 Å². The highest BCUT2D eigenvalue weighted by molar-refractivity contribution is 4.76. The second kappa shape index (κ2) is 12.3. The van der Waals surface area contributed by atoms with E-state index >= 15 is 0 Å². The van der Waals surface area contributed by atoms with Crippen LogP contribution in [0.15, 0.2) is 0 Å². The predicted molar refractivity (Wildman–Crippen MR) is 73.5 cm³/mol. The van der Waals surface area contributed by atoms with Gasteiger partial charge in [-0.15, -0.1) is 0 Å². The zero-order chi connectivity index (χ0) is 12.9. The van der Waals surface area contributed by atoms with Gasteiger partial charge < -0.3 is 14.8 Å². The first-order valence-electron chi connectivity index (χ1n) is 7.22. The lowest BCUT2D eigenvalue weighted by Crippen LogP contribution is -2.45. The average molecular weight is 245 g/mol. The highest BCUT2D eigenvalue weighted by Gasteiger charge is 2.20. The van der Waals surface area contributed by atoms with Crippen LogP contribution >= 0.6 is 0 Å². The summed E-state index contributed by atoms with van der Waals surface area (Å²) in [5.41, 5.74) is 0. The number of nitrogens with one attached hydrogen (secondary N) is 1. The molecule has 17 heavy (non-hydrogen) atoms. The molecule has 0 aliphatic carbocycles. The molecule has 0 saturated heterocycles. The van der Waals surface area contributed by atoms with Crippen molar-refractivity contribution in [2.24, 2.45) is 0 Å². The maximum atomic E-state index is 5.83. The minimum absolute atomic E-state index is 0.286. The first-order chi connectivity index (χ1) is 8.29. The summed E-state index contributed by atoms with van der Waals surface area (Å²) in [7, 11) is 0. The summed E-state index contributed by atoms with van der Waals surface area (Å²) in [6.07, 6.45) is 4.77. The van der Waals surface area contributed by atoms with Crippen LogP contribution in [0.5, 0.6) is 0 Å². The van der Waals surface area contributed by atoms with Crippen molar-refractivity contribution in [3.8, 4) is 0 Å². The van der Waals surface area contributed by atoms with Crippen molar-refractivity contribution >= 4 is 0 Å². The molecule has 0 saturated carbocycles. The highest BCUT2D eigenvalue weighted by atomic mass is 16.5. The highest BCUT2D eigenvalue weighted by Crippen LogP contribution is 2.09. The molecule has 0 radical (unpaired) electrons. The molecule has 3 heteroatoms. The predicted octanol–water partition coefficient (Wildman–Crippen LogP) is 2.99. The van der Waals surface area contributed by atoms with Crippen molar-refractivity contribution < 1.29 is 9.47 Å². The third-order valence-electron chi connectivity index (χ3n) is 2.71. The third-order valence-corrected chi connectivity index (χ3v) is 2.71. The number of hydrogen-bond donors (Lipinski definition) is 1. The van der Waals surface area contributed by atoms with Gasteiger partial charge in [0.2, 0.25) is 0 Å². The van der Waals surface area contributed by atoms with Crippen LogP contribution < -0.4 is 5.32 Å². The van der Waals surface area contributed by atoms with Crippen LogP contribution in [0.3, 0.4) is 0 Å². The Morgan fingerprint density at radius 2 is 1.76 bits per heavy atom. The van der Waals surface area contributed by atoms with Gasteiger partial charge in [-0.2, -0.15) is 0 Å². The summed E-state index contributed by atoms with van der Waals surface area (Å²) < 4.78 is 11.5. The van der Waals surface area contributed by atoms with Gasteiger partial charge in [-0.1, -0.05) is 27.2 Å². The van der Waals surface area contributed by atoms with E-state index in [2.05, 4.69) is 33.0 Å². The Hall–Kier alpha value is -0.120. The Bertz CT molecular complexity index is 147. The second-order valence-corrected chi connectivity index (χ2v) is 4.42. The van der Waals surface area contributed by atoms with Gasteiger partial charge in [0.25, 0.3) is 0 Å². The Kier molecular flexibility index (Phi) is 12.3. The van der Waals surface area contributed by atoms with Crippen molar-refractivity contribution in [2.45, 2.75) is 65.5 Å². The molecule has 0 aromatic rings. The molecule has 0 aromatic carbocycles. The Labute approximate surface area is 107 Å². The fourth-order valence-electron chi connectivity index (χ4n) is 1.88. The van der Waals surface area contributed by atoms with Gasteiger partial charge in [0, 0.05) is 13.2 Å². The summed E-state index contributed by atoms with van der Waals surface area (Å²) in [5.74, 6) is 0. The van der Waals surface area contributed by atoms with E-state index in [1.807, 2.05) is 0 Å². The number of rotatable bonds is 12. The molecule has 0 aromatic heterocycles. The molecular formula is C14H31NO2. The lowest BCUT2D eigenvalue weighted by molar-refractivity contribution is -0.00405. The lowest BCUT2D eigenvalue weighted by atomic mass is 10.1. The van der Waals surface area contributed by atoms with Crippen LogP contribution in [0.4, 0.5) is 0 Å². The summed E-state index contributed by atoms with van der Waals surface area (Å²) in [6.45, 7) is 12.0. The van der Waals surface area contributed by atoms with Crippen LogP contribution in [0.2, 0.25) is 0 Å². The molecule has 1 N–H and O–H groups in total. The van der Waals surface area contributed by atoms with E-state index in [4.69, 9.17) is 9.47 Å². The Balaban J connectivity index is 4.15. The standard InChI is InChI=1S/C14H31NO2/c1-5-9-14(17-8-4)13(15-10-6-2)12-16-11-7-3/h13-15H,5-12H2,1-4H3. The SMILES string of the molecule is CCCNC(COCCC)C(CCC)OCC. The molecule has 0 aliphatic rings. The van der Waals surface area contributed by atoms with E-state index < -0.39 is 0 Å². The zero-order valence-electron chi connectivity index (χ0n) is 12.1. The van der Waals surface area contributed by atoms with Gasteiger partial charge in [0.15, 0.2) is 0 Å². The molecule has 0 aliphatic heterocycles. The number of hydrogen-bond acceptors (Lipinski definition) is 3. The quantitative estimate of drug-likeness (QED) is 0.536. The molecule has 0 fully saturated rings. The van der Waals surface area contributed by atoms with E-state index in [9.17, 15) is 0 Å². The summed E-state index contributed by atoms with van der Waals surface area (Å²) >= 11 is 0. The average Bonchev–Trinajstić information content (AvgIpc) is 2.33. The van der Waals surface area contributed by atoms with Crippen molar-refractivity contribution in [3.63, 3.8) is 0 Å². The molecular weight excluding hydrogens is 214 g/mol. The van der Waals surface area contributed by atoms with Gasteiger partial charge >= 0.3 is 0 Å². The first kappa shape index (κ1) is 16.9. The Morgan fingerprint density at radius 1 is 1.00 bits per heavy atom. The van der Waals surface area contributed by atoms with Crippen LogP contribution in [0.1, 0.15) is 53.4 Å². The Morgan fingerprint density at radius 3 is 2.29 bits per heavy atom. The van der Waals surface area contributed by atoms with Crippen molar-refractivity contribution in [3.05, 3.63) is 0 Å². The normalized spacial score (nSPS) is 14.8. The largest absolute Gasteiger partial charge is 0.380 e. The summed E-state index contributed by atoms with van der Waals surface area (Å²) in [4.78, 5) is 0. The summed E-state index contributed by atoms with van der Waals surface area (Å²) in [5, 5.41) is 3.55. The van der Waals surface area contributed by atoms with Crippen molar-refractivity contribution in [1.29, 1.82) is 0 Å². The molecule has 2 atom stereocenters. The van der Waals surface area contributed by atoms with E-state index in [1.54, 1.807) is 0 Å². The lowest BCUT2D eigenvalue weighted by Gasteiger charge is -2.27. The van der Waals surface area contributed by atoms with Crippen molar-refractivity contribution in [1.82, 2.24) is 5.32 Å². The molecule has 0 bridgehead atoms. The zero-order valence-corrected chi connectivity index (χ0v) is 12.1. The van der Waals surface area contributed by atoms with Crippen LogP contribution in [0.25, 0.3) is 0 Å². The topological polar surface area (TPSA) is 30.5 Å². The van der Waals surface area contributed by atoms with Crippen molar-refractivity contribution in [2.75, 3.05) is 26.4 Å². The molecule has 2 unspecified atom stereocenters. The van der Waals surface area contributed by atoms with Crippen LogP contribution in [0, 0.1) is 0 Å². The van der Waals surface area contributed by atoms with E-state index in [-0.39, 0.29) is 6.10 Å². The number of ether oxygens (including phenoxy) is 2. The fraction of sp³-hybridized carbons (Fsp3) is 1.00. The van der Waals surface area contributed by atoms with Gasteiger partial charge in [-0.3, -0.25) is 0 Å². The molecule has 0 amide bonds. The van der Waals surface area contributed by atoms with Crippen LogP contribution in [-0.2, 0) is 9.47 Å². The van der Waals surface area contributed by atoms with E-state index in [1.165, 1.54) is 0 Å². The van der Waals surface area contributed by atoms with E-state index in [0.29, 0.717) is 6.04 Å². The minimum atomic E-state index is 0.286. The maximum absolute atomic E-state index is 5.83. The summed E-state index contributed by atoms with van der Waals surface area (Å²) in [6, 6.07) is 0.335. The smallest absolute Gasteiger partial charge is 0.0750 e. The molecule has 0 heterocycles. The van der Waals surface area contributed by atoms with Gasteiger partial charge in [0.1, 0.15) is 0 Å². The third kappa shape index (κ3) is 8.58. The second-order valence-electron chi connectivity index (χ2n) is 4.42. The van der Waals surface area contributed by atoms with E-state index in [0.717, 1.165) is 52.0 Å². The van der Waals surface area contributed by atoms with Gasteiger partial charge in [-0.25, -0.2) is 0 Å². The van der Waals surface area contributed by atoms with Gasteiger partial charge in [-0.05, 0) is 32.7 Å². The molecule has 104 valence electrons. The fourth-order valence-corrected chi connectivity index (χ4v) is 1.88. The molecule has 3 nitrogen and oxygen atoms in total. The monoisotopic (exact) mass is 245 g/mol. The molecule has 0 spiro atoms. The molecule has 0 rings (SSSR count). The maximum Gasteiger partial charge on any atom is 0.0750 e.